The average Bonchev–Trinajstić information content (AvgIpc) is 2.28. The van der Waals surface area contributed by atoms with Crippen molar-refractivity contribution in [1.82, 2.24) is 4.90 Å². The highest BCUT2D eigenvalue weighted by atomic mass is 16.6. The quantitative estimate of drug-likeness (QED) is 0.607. The number of carbonyl (C=O) groups is 1. The molecule has 1 aromatic carbocycles. The van der Waals surface area contributed by atoms with Crippen LogP contribution in [-0.4, -0.2) is 36.4 Å². The van der Waals surface area contributed by atoms with E-state index < -0.39 is 10.8 Å². The monoisotopic (exact) mass is 251 g/mol. The van der Waals surface area contributed by atoms with Crippen molar-refractivity contribution in [1.29, 1.82) is 0 Å². The van der Waals surface area contributed by atoms with Gasteiger partial charge in [0.05, 0.1) is 4.92 Å². The van der Waals surface area contributed by atoms with Crippen LogP contribution in [0.2, 0.25) is 0 Å². The van der Waals surface area contributed by atoms with E-state index >= 15 is 0 Å². The third-order valence-electron chi connectivity index (χ3n) is 2.65. The standard InChI is InChI=1S/C12H17N3O3/c1-14(2)8-4-6-9-10(12(13)16)5-3-7-11(9)15(17)18/h3,5,7H,4,6,8H2,1-2H3,(H2,13,16). The lowest BCUT2D eigenvalue weighted by Crippen LogP contribution is -2.17. The zero-order valence-electron chi connectivity index (χ0n) is 10.5. The summed E-state index contributed by atoms with van der Waals surface area (Å²) < 4.78 is 0. The first-order valence-corrected chi connectivity index (χ1v) is 5.64. The number of hydrogen-bond donors (Lipinski definition) is 1. The number of hydrogen-bond acceptors (Lipinski definition) is 4. The Morgan fingerprint density at radius 1 is 1.44 bits per heavy atom. The van der Waals surface area contributed by atoms with Crippen LogP contribution in [0.3, 0.4) is 0 Å². The van der Waals surface area contributed by atoms with E-state index in [0.29, 0.717) is 12.0 Å². The molecule has 0 aromatic heterocycles. The Labute approximate surface area is 106 Å². The molecule has 1 amide bonds. The number of rotatable bonds is 6. The van der Waals surface area contributed by atoms with Crippen molar-refractivity contribution in [3.63, 3.8) is 0 Å². The summed E-state index contributed by atoms with van der Waals surface area (Å²) in [6.45, 7) is 0.796. The number of benzene rings is 1. The largest absolute Gasteiger partial charge is 0.366 e. The van der Waals surface area contributed by atoms with Gasteiger partial charge in [-0.05, 0) is 39.5 Å². The van der Waals surface area contributed by atoms with Crippen LogP contribution in [0.4, 0.5) is 5.69 Å². The van der Waals surface area contributed by atoms with E-state index in [2.05, 4.69) is 0 Å². The summed E-state index contributed by atoms with van der Waals surface area (Å²) in [5, 5.41) is 10.9. The Balaban J connectivity index is 3.03. The molecule has 0 saturated heterocycles. The van der Waals surface area contributed by atoms with Crippen molar-refractivity contribution < 1.29 is 9.72 Å². The summed E-state index contributed by atoms with van der Waals surface area (Å²) in [7, 11) is 3.85. The van der Waals surface area contributed by atoms with Crippen molar-refractivity contribution in [3.05, 3.63) is 39.4 Å². The van der Waals surface area contributed by atoms with Gasteiger partial charge in [-0.1, -0.05) is 6.07 Å². The second kappa shape index (κ2) is 6.11. The molecule has 1 rings (SSSR count). The maximum atomic E-state index is 11.3. The van der Waals surface area contributed by atoms with Gasteiger partial charge >= 0.3 is 0 Å². The Morgan fingerprint density at radius 2 is 2.11 bits per heavy atom. The molecular formula is C12H17N3O3. The predicted octanol–water partition coefficient (Wildman–Crippen LogP) is 1.19. The van der Waals surface area contributed by atoms with Gasteiger partial charge in [0.2, 0.25) is 5.91 Å². The number of amides is 1. The zero-order valence-corrected chi connectivity index (χ0v) is 10.5. The molecule has 0 radical (unpaired) electrons. The van der Waals surface area contributed by atoms with Gasteiger partial charge in [0, 0.05) is 17.2 Å². The normalized spacial score (nSPS) is 10.6. The SMILES string of the molecule is CN(C)CCCc1c(C(N)=O)cccc1[N+](=O)[O-]. The minimum Gasteiger partial charge on any atom is -0.366 e. The van der Waals surface area contributed by atoms with E-state index in [4.69, 9.17) is 5.73 Å². The second-order valence-electron chi connectivity index (χ2n) is 4.33. The molecule has 18 heavy (non-hydrogen) atoms. The van der Waals surface area contributed by atoms with Gasteiger partial charge in [-0.15, -0.1) is 0 Å². The third kappa shape index (κ3) is 3.53. The Bertz CT molecular complexity index is 426. The molecule has 0 aliphatic rings. The molecule has 6 nitrogen and oxygen atoms in total. The fourth-order valence-corrected chi connectivity index (χ4v) is 1.81. The number of nitrogens with two attached hydrogens (primary N) is 1. The predicted molar refractivity (Wildman–Crippen MR) is 68.5 cm³/mol. The smallest absolute Gasteiger partial charge is 0.273 e. The van der Waals surface area contributed by atoms with Gasteiger partial charge in [0.15, 0.2) is 0 Å². The highest BCUT2D eigenvalue weighted by Crippen LogP contribution is 2.23. The van der Waals surface area contributed by atoms with Crippen LogP contribution in [0.25, 0.3) is 0 Å². The molecule has 0 aliphatic heterocycles. The summed E-state index contributed by atoms with van der Waals surface area (Å²) in [6.07, 6.45) is 1.20. The van der Waals surface area contributed by atoms with Crippen LogP contribution in [0.15, 0.2) is 18.2 Å². The van der Waals surface area contributed by atoms with E-state index in [0.717, 1.165) is 13.0 Å². The Kier molecular flexibility index (Phi) is 4.79. The summed E-state index contributed by atoms with van der Waals surface area (Å²) in [5.74, 6) is -0.626. The van der Waals surface area contributed by atoms with E-state index in [9.17, 15) is 14.9 Å². The fraction of sp³-hybridized carbons (Fsp3) is 0.417. The number of nitro benzene ring substituents is 1. The van der Waals surface area contributed by atoms with E-state index in [1.54, 1.807) is 0 Å². The summed E-state index contributed by atoms with van der Waals surface area (Å²) in [6, 6.07) is 4.41. The molecule has 0 atom stereocenters. The molecule has 0 spiro atoms. The van der Waals surface area contributed by atoms with Gasteiger partial charge in [-0.25, -0.2) is 0 Å². The van der Waals surface area contributed by atoms with E-state index in [1.807, 2.05) is 19.0 Å². The Morgan fingerprint density at radius 3 is 2.61 bits per heavy atom. The highest BCUT2D eigenvalue weighted by molar-refractivity contribution is 5.95. The second-order valence-corrected chi connectivity index (χ2v) is 4.33. The van der Waals surface area contributed by atoms with Gasteiger partial charge in [0.25, 0.3) is 5.69 Å². The highest BCUT2D eigenvalue weighted by Gasteiger charge is 2.19. The van der Waals surface area contributed by atoms with Gasteiger partial charge in [0.1, 0.15) is 0 Å². The maximum absolute atomic E-state index is 11.3. The molecular weight excluding hydrogens is 234 g/mol. The minimum absolute atomic E-state index is 0.0370. The van der Waals surface area contributed by atoms with Crippen LogP contribution in [0, 0.1) is 10.1 Å². The van der Waals surface area contributed by atoms with Gasteiger partial charge in [-0.2, -0.15) is 0 Å². The first-order chi connectivity index (χ1) is 8.43. The van der Waals surface area contributed by atoms with Gasteiger partial charge in [-0.3, -0.25) is 14.9 Å². The van der Waals surface area contributed by atoms with Crippen molar-refractivity contribution in [2.75, 3.05) is 20.6 Å². The summed E-state index contributed by atoms with van der Waals surface area (Å²) in [5.41, 5.74) is 5.87. The molecule has 0 aliphatic carbocycles. The third-order valence-corrected chi connectivity index (χ3v) is 2.65. The van der Waals surface area contributed by atoms with Crippen molar-refractivity contribution in [2.45, 2.75) is 12.8 Å². The number of nitro groups is 1. The Hall–Kier alpha value is -1.95. The lowest BCUT2D eigenvalue weighted by molar-refractivity contribution is -0.385. The fourth-order valence-electron chi connectivity index (χ4n) is 1.81. The van der Waals surface area contributed by atoms with Crippen LogP contribution in [0.1, 0.15) is 22.3 Å². The van der Waals surface area contributed by atoms with Gasteiger partial charge < -0.3 is 10.6 Å². The van der Waals surface area contributed by atoms with Crippen molar-refractivity contribution >= 4 is 11.6 Å². The van der Waals surface area contributed by atoms with E-state index in [-0.39, 0.29) is 11.3 Å². The number of nitrogens with zero attached hydrogens (tertiary/aromatic N) is 2. The average molecular weight is 251 g/mol. The molecule has 0 saturated carbocycles. The molecule has 0 bridgehead atoms. The van der Waals surface area contributed by atoms with Crippen LogP contribution in [-0.2, 0) is 6.42 Å². The number of carbonyl (C=O) groups excluding carboxylic acids is 1. The topological polar surface area (TPSA) is 89.5 Å². The molecule has 0 fully saturated rings. The van der Waals surface area contributed by atoms with Crippen molar-refractivity contribution in [3.8, 4) is 0 Å². The lowest BCUT2D eigenvalue weighted by Gasteiger charge is -2.11. The lowest BCUT2D eigenvalue weighted by atomic mass is 10.00. The first-order valence-electron chi connectivity index (χ1n) is 5.64. The molecule has 2 N–H and O–H groups in total. The van der Waals surface area contributed by atoms with Crippen LogP contribution < -0.4 is 5.73 Å². The maximum Gasteiger partial charge on any atom is 0.273 e. The summed E-state index contributed by atoms with van der Waals surface area (Å²) in [4.78, 5) is 23.7. The molecule has 98 valence electrons. The number of primary amides is 1. The summed E-state index contributed by atoms with van der Waals surface area (Å²) >= 11 is 0. The molecule has 1 aromatic rings. The van der Waals surface area contributed by atoms with Crippen molar-refractivity contribution in [2.24, 2.45) is 5.73 Å². The molecule has 0 heterocycles. The zero-order chi connectivity index (χ0) is 13.7. The van der Waals surface area contributed by atoms with Crippen LogP contribution >= 0.6 is 0 Å². The first kappa shape index (κ1) is 14.1. The molecule has 0 unspecified atom stereocenters. The van der Waals surface area contributed by atoms with E-state index in [1.165, 1.54) is 18.2 Å². The van der Waals surface area contributed by atoms with Crippen LogP contribution in [0.5, 0.6) is 0 Å². The molecule has 6 heteroatoms. The minimum atomic E-state index is -0.626.